The third-order valence-corrected chi connectivity index (χ3v) is 3.11. The first-order valence-corrected chi connectivity index (χ1v) is 6.14. The number of halogens is 1. The number of nitrogens with zero attached hydrogens (tertiary/aromatic N) is 1. The van der Waals surface area contributed by atoms with Gasteiger partial charge < -0.3 is 4.90 Å². The SMILES string of the molecule is C[C@H](c1cccc(Cl)c1)N(C)C(=O)C(C)(C)C. The summed E-state index contributed by atoms with van der Waals surface area (Å²) in [5.74, 6) is 0.130. The Kier molecular flexibility index (Phi) is 4.21. The summed E-state index contributed by atoms with van der Waals surface area (Å²) in [7, 11) is 1.83. The highest BCUT2D eigenvalue weighted by atomic mass is 35.5. The van der Waals surface area contributed by atoms with Gasteiger partial charge in [-0.05, 0) is 24.6 Å². The molecule has 0 aliphatic rings. The zero-order chi connectivity index (χ0) is 13.2. The molecule has 2 nitrogen and oxygen atoms in total. The molecule has 0 spiro atoms. The quantitative estimate of drug-likeness (QED) is 0.783. The first-order valence-electron chi connectivity index (χ1n) is 5.76. The molecule has 1 rings (SSSR count). The van der Waals surface area contributed by atoms with E-state index in [9.17, 15) is 4.79 Å². The van der Waals surface area contributed by atoms with Crippen molar-refractivity contribution in [3.05, 3.63) is 34.9 Å². The van der Waals surface area contributed by atoms with Gasteiger partial charge in [0.2, 0.25) is 5.91 Å². The summed E-state index contributed by atoms with van der Waals surface area (Å²) in [5, 5.41) is 0.700. The van der Waals surface area contributed by atoms with Gasteiger partial charge >= 0.3 is 0 Å². The molecule has 0 aliphatic carbocycles. The van der Waals surface area contributed by atoms with Crippen LogP contribution in [0.25, 0.3) is 0 Å². The maximum Gasteiger partial charge on any atom is 0.228 e. The van der Waals surface area contributed by atoms with E-state index in [-0.39, 0.29) is 17.4 Å². The molecule has 0 aromatic heterocycles. The Hall–Kier alpha value is -1.02. The minimum absolute atomic E-state index is 0.0282. The van der Waals surface area contributed by atoms with Crippen LogP contribution in [0, 0.1) is 5.41 Å². The van der Waals surface area contributed by atoms with Gasteiger partial charge in [-0.2, -0.15) is 0 Å². The van der Waals surface area contributed by atoms with E-state index in [0.29, 0.717) is 5.02 Å². The van der Waals surface area contributed by atoms with Gasteiger partial charge in [-0.25, -0.2) is 0 Å². The van der Waals surface area contributed by atoms with E-state index in [4.69, 9.17) is 11.6 Å². The van der Waals surface area contributed by atoms with Crippen LogP contribution < -0.4 is 0 Å². The normalized spacial score (nSPS) is 13.3. The molecule has 0 unspecified atom stereocenters. The highest BCUT2D eigenvalue weighted by Gasteiger charge is 2.28. The van der Waals surface area contributed by atoms with Crippen LogP contribution in [-0.4, -0.2) is 17.9 Å². The largest absolute Gasteiger partial charge is 0.339 e. The molecule has 1 amide bonds. The van der Waals surface area contributed by atoms with Gasteiger partial charge in [0.1, 0.15) is 0 Å². The monoisotopic (exact) mass is 253 g/mol. The highest BCUT2D eigenvalue weighted by molar-refractivity contribution is 6.30. The summed E-state index contributed by atoms with van der Waals surface area (Å²) in [6.07, 6.45) is 0. The van der Waals surface area contributed by atoms with E-state index in [1.165, 1.54) is 0 Å². The molecular weight excluding hydrogens is 234 g/mol. The third-order valence-electron chi connectivity index (χ3n) is 2.87. The fraction of sp³-hybridized carbons (Fsp3) is 0.500. The van der Waals surface area contributed by atoms with E-state index < -0.39 is 0 Å². The Morgan fingerprint density at radius 3 is 2.41 bits per heavy atom. The fourth-order valence-electron chi connectivity index (χ4n) is 1.70. The van der Waals surface area contributed by atoms with Gasteiger partial charge in [-0.1, -0.05) is 44.5 Å². The first kappa shape index (κ1) is 14.0. The number of carbonyl (C=O) groups excluding carboxylic acids is 1. The molecule has 0 saturated carbocycles. The second-order valence-electron chi connectivity index (χ2n) is 5.40. The molecule has 3 heteroatoms. The summed E-state index contributed by atoms with van der Waals surface area (Å²) in [6, 6.07) is 7.66. The van der Waals surface area contributed by atoms with Crippen molar-refractivity contribution in [2.24, 2.45) is 5.41 Å². The molecule has 17 heavy (non-hydrogen) atoms. The van der Waals surface area contributed by atoms with Crippen LogP contribution in [0.3, 0.4) is 0 Å². The summed E-state index contributed by atoms with van der Waals surface area (Å²) in [5.41, 5.74) is 0.694. The van der Waals surface area contributed by atoms with E-state index >= 15 is 0 Å². The summed E-state index contributed by atoms with van der Waals surface area (Å²) in [6.45, 7) is 7.79. The Labute approximate surface area is 109 Å². The number of hydrogen-bond donors (Lipinski definition) is 0. The standard InChI is InChI=1S/C14H20ClNO/c1-10(11-7-6-8-12(15)9-11)16(5)13(17)14(2,3)4/h6-10H,1-5H3/t10-/m1/s1. The summed E-state index contributed by atoms with van der Waals surface area (Å²) >= 11 is 5.96. The summed E-state index contributed by atoms with van der Waals surface area (Å²) < 4.78 is 0. The van der Waals surface area contributed by atoms with Crippen LogP contribution in [-0.2, 0) is 4.79 Å². The first-order chi connectivity index (χ1) is 7.73. The Bertz CT molecular complexity index is 409. The molecule has 0 aliphatic heterocycles. The van der Waals surface area contributed by atoms with Crippen molar-refractivity contribution in [1.29, 1.82) is 0 Å². The predicted molar refractivity (Wildman–Crippen MR) is 72.1 cm³/mol. The molecule has 0 fully saturated rings. The van der Waals surface area contributed by atoms with E-state index in [0.717, 1.165) is 5.56 Å². The molecule has 1 atom stereocenters. The molecule has 0 bridgehead atoms. The van der Waals surface area contributed by atoms with Crippen molar-refractivity contribution in [3.8, 4) is 0 Å². The molecule has 1 aromatic carbocycles. The van der Waals surface area contributed by atoms with Crippen LogP contribution >= 0.6 is 11.6 Å². The molecule has 0 N–H and O–H groups in total. The van der Waals surface area contributed by atoms with Crippen LogP contribution in [0.2, 0.25) is 5.02 Å². The lowest BCUT2D eigenvalue weighted by Gasteiger charge is -2.31. The van der Waals surface area contributed by atoms with Crippen molar-refractivity contribution >= 4 is 17.5 Å². The number of hydrogen-bond acceptors (Lipinski definition) is 1. The minimum Gasteiger partial charge on any atom is -0.339 e. The summed E-state index contributed by atoms with van der Waals surface area (Å²) in [4.78, 5) is 13.9. The van der Waals surface area contributed by atoms with E-state index in [1.807, 2.05) is 59.0 Å². The maximum absolute atomic E-state index is 12.2. The third kappa shape index (κ3) is 3.47. The highest BCUT2D eigenvalue weighted by Crippen LogP contribution is 2.26. The van der Waals surface area contributed by atoms with Crippen molar-refractivity contribution < 1.29 is 4.79 Å². The van der Waals surface area contributed by atoms with Gasteiger partial charge in [-0.15, -0.1) is 0 Å². The van der Waals surface area contributed by atoms with Gasteiger partial charge in [0.05, 0.1) is 6.04 Å². The lowest BCUT2D eigenvalue weighted by Crippen LogP contribution is -2.38. The van der Waals surface area contributed by atoms with E-state index in [1.54, 1.807) is 4.90 Å². The minimum atomic E-state index is -0.360. The van der Waals surface area contributed by atoms with Crippen LogP contribution in [0.1, 0.15) is 39.3 Å². The van der Waals surface area contributed by atoms with Crippen molar-refractivity contribution in [2.75, 3.05) is 7.05 Å². The van der Waals surface area contributed by atoms with Crippen molar-refractivity contribution in [2.45, 2.75) is 33.7 Å². The Morgan fingerprint density at radius 2 is 1.94 bits per heavy atom. The van der Waals surface area contributed by atoms with Crippen molar-refractivity contribution in [3.63, 3.8) is 0 Å². The number of benzene rings is 1. The fourth-order valence-corrected chi connectivity index (χ4v) is 1.89. The maximum atomic E-state index is 12.2. The van der Waals surface area contributed by atoms with Gasteiger partial charge in [0.15, 0.2) is 0 Å². The molecular formula is C14H20ClNO. The lowest BCUT2D eigenvalue weighted by molar-refractivity contribution is -0.140. The Morgan fingerprint density at radius 1 is 1.35 bits per heavy atom. The second kappa shape index (κ2) is 5.09. The lowest BCUT2D eigenvalue weighted by atomic mass is 9.93. The van der Waals surface area contributed by atoms with Gasteiger partial charge in [0, 0.05) is 17.5 Å². The van der Waals surface area contributed by atoms with Crippen LogP contribution in [0.15, 0.2) is 24.3 Å². The Balaban J connectivity index is 2.91. The molecule has 0 heterocycles. The number of amides is 1. The number of rotatable bonds is 2. The predicted octanol–water partition coefficient (Wildman–Crippen LogP) is 3.91. The van der Waals surface area contributed by atoms with Gasteiger partial charge in [-0.3, -0.25) is 4.79 Å². The van der Waals surface area contributed by atoms with Crippen LogP contribution in [0.5, 0.6) is 0 Å². The zero-order valence-corrected chi connectivity index (χ0v) is 11.9. The average Bonchev–Trinajstić information content (AvgIpc) is 2.25. The molecule has 0 saturated heterocycles. The number of carbonyl (C=O) groups is 1. The molecule has 0 radical (unpaired) electrons. The van der Waals surface area contributed by atoms with Gasteiger partial charge in [0.25, 0.3) is 0 Å². The van der Waals surface area contributed by atoms with Crippen molar-refractivity contribution in [1.82, 2.24) is 4.90 Å². The average molecular weight is 254 g/mol. The smallest absolute Gasteiger partial charge is 0.228 e. The molecule has 1 aromatic rings. The van der Waals surface area contributed by atoms with Crippen LogP contribution in [0.4, 0.5) is 0 Å². The molecule has 94 valence electrons. The van der Waals surface area contributed by atoms with E-state index in [2.05, 4.69) is 0 Å². The second-order valence-corrected chi connectivity index (χ2v) is 5.83. The topological polar surface area (TPSA) is 20.3 Å². The zero-order valence-electron chi connectivity index (χ0n) is 11.1.